The van der Waals surface area contributed by atoms with Gasteiger partial charge in [0, 0.05) is 48.9 Å². The highest BCUT2D eigenvalue weighted by molar-refractivity contribution is 6.25. The molecule has 2 amide bonds. The Hall–Kier alpha value is -5.92. The number of imide groups is 1. The number of Topliss-reactive ketones (excluding diaryl/α,β-unsaturated/α-hetero) is 1. The first-order valence-corrected chi connectivity index (χ1v) is 15.0. The SMILES string of the molecule is COc1cc(C=CC2C3=CCC4C(=O)N(c5cc([N+](=O)[O-])c(N(C)C)c([N+](=O)[O-])c5)C(=O)C4C3CC3=C2C(=O)C(C)=CC3=O)ccc1O. The topological polar surface area (TPSA) is 190 Å². The van der Waals surface area contributed by atoms with Crippen LogP contribution in [-0.4, -0.2) is 59.5 Å². The summed E-state index contributed by atoms with van der Waals surface area (Å²) < 4.78 is 5.21. The van der Waals surface area contributed by atoms with Crippen LogP contribution in [0.4, 0.5) is 22.7 Å². The van der Waals surface area contributed by atoms with E-state index in [1.807, 2.05) is 6.08 Å². The van der Waals surface area contributed by atoms with E-state index in [-0.39, 0.29) is 58.4 Å². The van der Waals surface area contributed by atoms with Gasteiger partial charge in [-0.2, -0.15) is 0 Å². The second kappa shape index (κ2) is 11.7. The minimum absolute atomic E-state index is 0.0147. The van der Waals surface area contributed by atoms with Gasteiger partial charge in [-0.25, -0.2) is 4.90 Å². The molecule has 14 heteroatoms. The van der Waals surface area contributed by atoms with Crippen LogP contribution in [-0.2, 0) is 19.2 Å². The second-order valence-electron chi connectivity index (χ2n) is 12.3. The molecule has 3 aliphatic carbocycles. The Morgan fingerprint density at radius 3 is 2.27 bits per heavy atom. The Morgan fingerprint density at radius 1 is 1.00 bits per heavy atom. The largest absolute Gasteiger partial charge is 0.504 e. The molecule has 1 saturated heterocycles. The summed E-state index contributed by atoms with van der Waals surface area (Å²) in [5.74, 6) is -5.14. The molecule has 2 aromatic carbocycles. The van der Waals surface area contributed by atoms with E-state index in [2.05, 4.69) is 0 Å². The van der Waals surface area contributed by atoms with Crippen molar-refractivity contribution in [2.75, 3.05) is 31.0 Å². The molecule has 1 heterocycles. The van der Waals surface area contributed by atoms with Crippen molar-refractivity contribution in [1.29, 1.82) is 0 Å². The normalized spacial score (nSPS) is 23.5. The first-order valence-electron chi connectivity index (χ1n) is 15.0. The van der Waals surface area contributed by atoms with Gasteiger partial charge >= 0.3 is 11.4 Å². The monoisotopic (exact) mass is 654 g/mol. The van der Waals surface area contributed by atoms with Crippen LogP contribution < -0.4 is 14.5 Å². The predicted octanol–water partition coefficient (Wildman–Crippen LogP) is 4.46. The quantitative estimate of drug-likeness (QED) is 0.146. The molecule has 0 saturated carbocycles. The van der Waals surface area contributed by atoms with Crippen molar-refractivity contribution in [3.05, 3.63) is 96.6 Å². The maximum Gasteiger partial charge on any atom is 0.301 e. The summed E-state index contributed by atoms with van der Waals surface area (Å²) in [7, 11) is 4.23. The third-order valence-electron chi connectivity index (χ3n) is 9.45. The van der Waals surface area contributed by atoms with Crippen LogP contribution in [0.1, 0.15) is 25.3 Å². The number of fused-ring (bicyclic) bond motifs is 3. The molecule has 4 unspecified atom stereocenters. The van der Waals surface area contributed by atoms with Gasteiger partial charge in [-0.15, -0.1) is 0 Å². The molecule has 0 aromatic heterocycles. The maximum absolute atomic E-state index is 14.2. The third kappa shape index (κ3) is 4.96. The first-order chi connectivity index (χ1) is 22.7. The number of aromatic hydroxyl groups is 1. The molecule has 2 aromatic rings. The summed E-state index contributed by atoms with van der Waals surface area (Å²) in [4.78, 5) is 79.4. The van der Waals surface area contributed by atoms with Gasteiger partial charge < -0.3 is 14.7 Å². The molecule has 14 nitrogen and oxygen atoms in total. The Bertz CT molecular complexity index is 1950. The van der Waals surface area contributed by atoms with E-state index in [1.54, 1.807) is 31.2 Å². The van der Waals surface area contributed by atoms with Crippen LogP contribution >= 0.6 is 0 Å². The van der Waals surface area contributed by atoms with Gasteiger partial charge in [0.05, 0.1) is 34.5 Å². The van der Waals surface area contributed by atoms with Gasteiger partial charge in [0.1, 0.15) is 0 Å². The number of hydrogen-bond acceptors (Lipinski definition) is 11. The number of phenols is 1. The lowest BCUT2D eigenvalue weighted by atomic mass is 9.60. The fourth-order valence-corrected chi connectivity index (χ4v) is 7.35. The number of carbonyl (C=O) groups is 4. The summed E-state index contributed by atoms with van der Waals surface area (Å²) in [6.45, 7) is 1.56. The number of allylic oxidation sites excluding steroid dienone is 7. The van der Waals surface area contributed by atoms with Crippen LogP contribution in [0.25, 0.3) is 6.08 Å². The number of rotatable bonds is 7. The highest BCUT2D eigenvalue weighted by Gasteiger charge is 2.56. The van der Waals surface area contributed by atoms with Crippen molar-refractivity contribution >= 4 is 52.2 Å². The average Bonchev–Trinajstić information content (AvgIpc) is 3.30. The fourth-order valence-electron chi connectivity index (χ4n) is 7.35. The van der Waals surface area contributed by atoms with Crippen LogP contribution in [0.5, 0.6) is 11.5 Å². The van der Waals surface area contributed by atoms with Crippen molar-refractivity contribution in [2.45, 2.75) is 19.8 Å². The molecule has 4 atom stereocenters. The summed E-state index contributed by atoms with van der Waals surface area (Å²) in [5.41, 5.74) is 0.258. The zero-order chi connectivity index (χ0) is 34.8. The molecule has 48 heavy (non-hydrogen) atoms. The molecule has 0 spiro atoms. The van der Waals surface area contributed by atoms with E-state index >= 15 is 0 Å². The van der Waals surface area contributed by atoms with Gasteiger partial charge in [-0.1, -0.05) is 29.9 Å². The van der Waals surface area contributed by atoms with E-state index in [0.717, 1.165) is 17.0 Å². The number of benzene rings is 2. The number of amides is 2. The van der Waals surface area contributed by atoms with Crippen molar-refractivity contribution in [3.63, 3.8) is 0 Å². The van der Waals surface area contributed by atoms with Gasteiger partial charge in [0.2, 0.25) is 11.8 Å². The molecule has 0 radical (unpaired) electrons. The van der Waals surface area contributed by atoms with Crippen molar-refractivity contribution in [3.8, 4) is 11.5 Å². The minimum Gasteiger partial charge on any atom is -0.504 e. The first kappa shape index (κ1) is 32.0. The van der Waals surface area contributed by atoms with Crippen LogP contribution in [0, 0.1) is 43.9 Å². The Labute approximate surface area is 273 Å². The van der Waals surface area contributed by atoms with E-state index in [1.165, 1.54) is 38.2 Å². The number of methoxy groups -OCH3 is 1. The number of phenolic OH excluding ortho intramolecular Hbond substituents is 1. The molecule has 1 aliphatic heterocycles. The molecular formula is C34H30N4O10. The van der Waals surface area contributed by atoms with E-state index in [9.17, 15) is 44.5 Å². The molecule has 1 fully saturated rings. The standard InChI is InChI=1S/C34H30N4O10/c1-16-11-27(40)23-15-22-19(20(29(23)32(16)41)7-5-17-6-10-26(39)28(12-17)48-4)8-9-21-30(22)34(43)36(33(21)42)18-13-24(37(44)45)31(35(2)3)25(14-18)38(46)47/h5-8,10-14,20-22,30,39H,9,15H2,1-4H3. The number of nitro groups is 2. The Kier molecular flexibility index (Phi) is 7.81. The van der Waals surface area contributed by atoms with Crippen molar-refractivity contribution in [2.24, 2.45) is 23.7 Å². The Morgan fingerprint density at radius 2 is 1.67 bits per heavy atom. The van der Waals surface area contributed by atoms with Crippen LogP contribution in [0.3, 0.4) is 0 Å². The zero-order valence-electron chi connectivity index (χ0n) is 26.3. The lowest BCUT2D eigenvalue weighted by molar-refractivity contribution is -0.392. The number of nitrogens with zero attached hydrogens (tertiary/aromatic N) is 4. The molecule has 0 bridgehead atoms. The van der Waals surface area contributed by atoms with Gasteiger partial charge in [0.25, 0.3) is 0 Å². The van der Waals surface area contributed by atoms with Crippen LogP contribution in [0.15, 0.2) is 70.9 Å². The number of ether oxygens (including phenoxy) is 1. The third-order valence-corrected chi connectivity index (χ3v) is 9.45. The van der Waals surface area contributed by atoms with Gasteiger partial charge in [0.15, 0.2) is 28.8 Å². The second-order valence-corrected chi connectivity index (χ2v) is 12.3. The lowest BCUT2D eigenvalue weighted by Crippen LogP contribution is -2.40. The van der Waals surface area contributed by atoms with E-state index < -0.39 is 56.7 Å². The summed E-state index contributed by atoms with van der Waals surface area (Å²) in [6, 6.07) is 6.67. The molecular weight excluding hydrogens is 624 g/mol. The lowest BCUT2D eigenvalue weighted by Gasteiger charge is -2.41. The molecule has 6 rings (SSSR count). The number of nitro benzene ring substituents is 2. The maximum atomic E-state index is 14.2. The highest BCUT2D eigenvalue weighted by atomic mass is 16.6. The zero-order valence-corrected chi connectivity index (χ0v) is 26.3. The summed E-state index contributed by atoms with van der Waals surface area (Å²) in [5, 5.41) is 34.0. The van der Waals surface area contributed by atoms with Gasteiger partial charge in [-0.05, 0) is 49.5 Å². The highest BCUT2D eigenvalue weighted by Crippen LogP contribution is 2.54. The predicted molar refractivity (Wildman–Crippen MR) is 172 cm³/mol. The van der Waals surface area contributed by atoms with Gasteiger partial charge in [-0.3, -0.25) is 39.4 Å². The number of carbonyl (C=O) groups excluding carboxylic acids is 4. The fraction of sp³-hybridized carbons (Fsp3) is 0.294. The average molecular weight is 655 g/mol. The summed E-state index contributed by atoms with van der Waals surface area (Å²) >= 11 is 0. The smallest absolute Gasteiger partial charge is 0.301 e. The molecule has 246 valence electrons. The Balaban J connectivity index is 1.44. The molecule has 1 N–H and O–H groups in total. The minimum atomic E-state index is -0.988. The van der Waals surface area contributed by atoms with Crippen LogP contribution in [0.2, 0.25) is 0 Å². The van der Waals surface area contributed by atoms with Crippen molar-refractivity contribution in [1.82, 2.24) is 0 Å². The number of hydrogen-bond donors (Lipinski definition) is 1. The number of anilines is 2. The molecule has 4 aliphatic rings. The number of ketones is 2. The summed E-state index contributed by atoms with van der Waals surface area (Å²) in [6.07, 6.45) is 6.66. The van der Waals surface area contributed by atoms with E-state index in [0.29, 0.717) is 16.7 Å². The van der Waals surface area contributed by atoms with Crippen molar-refractivity contribution < 1.29 is 38.9 Å². The van der Waals surface area contributed by atoms with E-state index in [4.69, 9.17) is 4.74 Å².